The lowest BCUT2D eigenvalue weighted by Crippen LogP contribution is -2.19. The lowest BCUT2D eigenvalue weighted by molar-refractivity contribution is -0.137. The average Bonchev–Trinajstić information content (AvgIpc) is 2.89. The summed E-state index contributed by atoms with van der Waals surface area (Å²) in [5.74, 6) is 1.34. The number of hydrogen-bond donors (Lipinski definition) is 2. The van der Waals surface area contributed by atoms with Crippen molar-refractivity contribution in [1.82, 2.24) is 0 Å². The van der Waals surface area contributed by atoms with Crippen LogP contribution in [0.5, 0.6) is 5.75 Å². The molecule has 7 nitrogen and oxygen atoms in total. The Morgan fingerprint density at radius 3 is 2.16 bits per heavy atom. The summed E-state index contributed by atoms with van der Waals surface area (Å²) in [6, 6.07) is 12.3. The van der Waals surface area contributed by atoms with Gasteiger partial charge in [-0.2, -0.15) is 0 Å². The van der Waals surface area contributed by atoms with Crippen LogP contribution in [0.1, 0.15) is 60.9 Å². The SMILES string of the molecule is C=CCC1CCC(COc2ccc(/C=C/C(=O)OCCCCOC(=O)c3cc(N)cc(N)c3)cc2)CC1. The van der Waals surface area contributed by atoms with E-state index in [4.69, 9.17) is 25.7 Å². The maximum atomic E-state index is 12.0. The highest BCUT2D eigenvalue weighted by Gasteiger charge is 2.20. The second-order valence-electron chi connectivity index (χ2n) is 9.52. The second-order valence-corrected chi connectivity index (χ2v) is 9.52. The number of allylic oxidation sites excluding steroid dienone is 1. The van der Waals surface area contributed by atoms with E-state index in [0.29, 0.717) is 35.7 Å². The largest absolute Gasteiger partial charge is 0.493 e. The highest BCUT2D eigenvalue weighted by molar-refractivity contribution is 5.91. The maximum absolute atomic E-state index is 12.0. The van der Waals surface area contributed by atoms with Crippen LogP contribution in [0.2, 0.25) is 0 Å². The van der Waals surface area contributed by atoms with Crippen LogP contribution in [-0.4, -0.2) is 31.8 Å². The van der Waals surface area contributed by atoms with E-state index in [0.717, 1.165) is 30.3 Å². The van der Waals surface area contributed by atoms with E-state index in [1.807, 2.05) is 30.3 Å². The summed E-state index contributed by atoms with van der Waals surface area (Å²) in [5, 5.41) is 0. The number of carbonyl (C=O) groups is 2. The molecule has 0 heterocycles. The summed E-state index contributed by atoms with van der Waals surface area (Å²) in [6.45, 7) is 5.05. The number of esters is 2. The molecule has 0 radical (unpaired) electrons. The van der Waals surface area contributed by atoms with Crippen molar-refractivity contribution in [2.24, 2.45) is 11.8 Å². The number of unbranched alkanes of at least 4 members (excludes halogenated alkanes) is 1. The molecule has 7 heteroatoms. The summed E-state index contributed by atoms with van der Waals surface area (Å²) in [5.41, 5.74) is 13.4. The molecule has 0 atom stereocenters. The minimum Gasteiger partial charge on any atom is -0.493 e. The van der Waals surface area contributed by atoms with Crippen molar-refractivity contribution >= 4 is 29.4 Å². The molecule has 0 amide bonds. The quantitative estimate of drug-likeness (QED) is 0.116. The molecule has 4 N–H and O–H groups in total. The van der Waals surface area contributed by atoms with Crippen LogP contribution in [0.15, 0.2) is 61.2 Å². The molecule has 1 saturated carbocycles. The van der Waals surface area contributed by atoms with E-state index in [9.17, 15) is 9.59 Å². The first-order valence-corrected chi connectivity index (χ1v) is 12.9. The number of nitrogen functional groups attached to an aromatic ring is 2. The Balaban J connectivity index is 1.27. The van der Waals surface area contributed by atoms with E-state index < -0.39 is 11.9 Å². The van der Waals surface area contributed by atoms with E-state index in [2.05, 4.69) is 6.58 Å². The van der Waals surface area contributed by atoms with Crippen LogP contribution in [0, 0.1) is 11.8 Å². The van der Waals surface area contributed by atoms with E-state index in [1.54, 1.807) is 12.1 Å². The predicted octanol–water partition coefficient (Wildman–Crippen LogP) is 5.81. The molecular weight excluding hydrogens is 468 g/mol. The van der Waals surface area contributed by atoms with Gasteiger partial charge in [-0.15, -0.1) is 6.58 Å². The Labute approximate surface area is 219 Å². The smallest absolute Gasteiger partial charge is 0.338 e. The molecule has 0 aromatic heterocycles. The fraction of sp³-hybridized carbons (Fsp3) is 0.400. The first kappa shape index (κ1) is 27.8. The monoisotopic (exact) mass is 506 g/mol. The zero-order valence-corrected chi connectivity index (χ0v) is 21.4. The van der Waals surface area contributed by atoms with E-state index in [-0.39, 0.29) is 13.2 Å². The van der Waals surface area contributed by atoms with Crippen LogP contribution in [0.3, 0.4) is 0 Å². The predicted molar refractivity (Wildman–Crippen MR) is 147 cm³/mol. The van der Waals surface area contributed by atoms with Gasteiger partial charge >= 0.3 is 11.9 Å². The van der Waals surface area contributed by atoms with Crippen molar-refractivity contribution in [2.75, 3.05) is 31.3 Å². The Kier molecular flexibility index (Phi) is 11.1. The van der Waals surface area contributed by atoms with Crippen molar-refractivity contribution in [3.63, 3.8) is 0 Å². The van der Waals surface area contributed by atoms with Gasteiger partial charge in [0.25, 0.3) is 0 Å². The number of rotatable bonds is 13. The highest BCUT2D eigenvalue weighted by Crippen LogP contribution is 2.31. The van der Waals surface area contributed by atoms with Crippen LogP contribution < -0.4 is 16.2 Å². The van der Waals surface area contributed by atoms with Gasteiger partial charge in [-0.1, -0.05) is 18.2 Å². The van der Waals surface area contributed by atoms with Gasteiger partial charge in [0, 0.05) is 17.5 Å². The summed E-state index contributed by atoms with van der Waals surface area (Å²) in [4.78, 5) is 24.0. The van der Waals surface area contributed by atoms with Gasteiger partial charge in [-0.05, 0) is 98.8 Å². The fourth-order valence-corrected chi connectivity index (χ4v) is 4.39. The minimum atomic E-state index is -0.485. The van der Waals surface area contributed by atoms with Crippen LogP contribution in [-0.2, 0) is 14.3 Å². The molecular formula is C30H38N2O5. The number of anilines is 2. The molecule has 3 rings (SSSR count). The molecule has 0 unspecified atom stereocenters. The first-order valence-electron chi connectivity index (χ1n) is 12.9. The third kappa shape index (κ3) is 10.0. The molecule has 0 bridgehead atoms. The number of ether oxygens (including phenoxy) is 3. The third-order valence-corrected chi connectivity index (χ3v) is 6.47. The van der Waals surface area contributed by atoms with Crippen LogP contribution in [0.4, 0.5) is 11.4 Å². The number of carbonyl (C=O) groups excluding carboxylic acids is 2. The van der Waals surface area contributed by atoms with Crippen molar-refractivity contribution < 1.29 is 23.8 Å². The molecule has 1 aliphatic carbocycles. The summed E-state index contributed by atoms with van der Waals surface area (Å²) >= 11 is 0. The first-order chi connectivity index (χ1) is 17.9. The summed E-state index contributed by atoms with van der Waals surface area (Å²) < 4.78 is 16.4. The van der Waals surface area contributed by atoms with Crippen molar-refractivity contribution in [2.45, 2.75) is 44.9 Å². The van der Waals surface area contributed by atoms with Crippen LogP contribution >= 0.6 is 0 Å². The van der Waals surface area contributed by atoms with Gasteiger partial charge in [0.1, 0.15) is 5.75 Å². The normalized spacial score (nSPS) is 17.3. The lowest BCUT2D eigenvalue weighted by Gasteiger charge is -2.27. The molecule has 198 valence electrons. The van der Waals surface area contributed by atoms with Crippen molar-refractivity contribution in [3.8, 4) is 5.75 Å². The molecule has 2 aromatic rings. The zero-order chi connectivity index (χ0) is 26.5. The van der Waals surface area contributed by atoms with Gasteiger partial charge < -0.3 is 25.7 Å². The Hall–Kier alpha value is -3.74. The molecule has 37 heavy (non-hydrogen) atoms. The van der Waals surface area contributed by atoms with Gasteiger partial charge in [0.15, 0.2) is 0 Å². The standard InChI is InChI=1S/C30H38N2O5/c1-2-5-22-6-8-24(9-7-22)21-37-28-13-10-23(11-14-28)12-15-29(33)35-16-3-4-17-36-30(34)25-18-26(31)20-27(32)19-25/h2,10-15,18-20,22,24H,1,3-9,16-17,21,31-32H2/b15-12+. The van der Waals surface area contributed by atoms with Crippen molar-refractivity contribution in [1.29, 1.82) is 0 Å². The lowest BCUT2D eigenvalue weighted by atomic mass is 9.81. The van der Waals surface area contributed by atoms with E-state index in [1.165, 1.54) is 43.9 Å². The summed E-state index contributed by atoms with van der Waals surface area (Å²) in [7, 11) is 0. The summed E-state index contributed by atoms with van der Waals surface area (Å²) in [6.07, 6.45) is 12.4. The second kappa shape index (κ2) is 14.7. The van der Waals surface area contributed by atoms with Gasteiger partial charge in [0.05, 0.1) is 25.4 Å². The number of benzene rings is 2. The topological polar surface area (TPSA) is 114 Å². The number of nitrogens with two attached hydrogens (primary N) is 2. The molecule has 1 aliphatic rings. The Morgan fingerprint density at radius 2 is 1.51 bits per heavy atom. The highest BCUT2D eigenvalue weighted by atomic mass is 16.5. The number of hydrogen-bond acceptors (Lipinski definition) is 7. The minimum absolute atomic E-state index is 0.214. The average molecular weight is 507 g/mol. The molecule has 2 aromatic carbocycles. The van der Waals surface area contributed by atoms with Crippen LogP contribution in [0.25, 0.3) is 6.08 Å². The fourth-order valence-electron chi connectivity index (χ4n) is 4.39. The Morgan fingerprint density at radius 1 is 0.892 bits per heavy atom. The molecule has 0 spiro atoms. The van der Waals surface area contributed by atoms with E-state index >= 15 is 0 Å². The van der Waals surface area contributed by atoms with Gasteiger partial charge in [0.2, 0.25) is 0 Å². The third-order valence-electron chi connectivity index (χ3n) is 6.47. The molecule has 0 aliphatic heterocycles. The zero-order valence-electron chi connectivity index (χ0n) is 21.4. The molecule has 0 saturated heterocycles. The van der Waals surface area contributed by atoms with Gasteiger partial charge in [-0.3, -0.25) is 0 Å². The van der Waals surface area contributed by atoms with Gasteiger partial charge in [-0.25, -0.2) is 9.59 Å². The maximum Gasteiger partial charge on any atom is 0.338 e. The Bertz CT molecular complexity index is 1040. The van der Waals surface area contributed by atoms with Crippen molar-refractivity contribution in [3.05, 3.63) is 72.3 Å². The molecule has 1 fully saturated rings.